The molecule has 150 valence electrons. The van der Waals surface area contributed by atoms with Gasteiger partial charge in [-0.2, -0.15) is 19.7 Å². The van der Waals surface area contributed by atoms with Crippen molar-refractivity contribution >= 4 is 22.6 Å². The first-order chi connectivity index (χ1) is 14.6. The van der Waals surface area contributed by atoms with Crippen molar-refractivity contribution in [2.75, 3.05) is 11.9 Å². The second-order valence-electron chi connectivity index (χ2n) is 6.90. The van der Waals surface area contributed by atoms with Crippen LogP contribution in [0.5, 0.6) is 5.88 Å². The van der Waals surface area contributed by atoms with Gasteiger partial charge in [0, 0.05) is 24.4 Å². The van der Waals surface area contributed by atoms with Crippen molar-refractivity contribution in [3.05, 3.63) is 71.2 Å². The lowest BCUT2D eigenvalue weighted by Crippen LogP contribution is -2.12. The smallest absolute Gasteiger partial charge is 0.256 e. The van der Waals surface area contributed by atoms with E-state index < -0.39 is 11.7 Å². The van der Waals surface area contributed by atoms with E-state index in [0.717, 1.165) is 17.2 Å². The molecule has 0 saturated carbocycles. The number of fused-ring (bicyclic) bond motifs is 2. The monoisotopic (exact) mass is 404 g/mol. The van der Waals surface area contributed by atoms with Crippen molar-refractivity contribution in [2.24, 2.45) is 5.73 Å². The Hall–Kier alpha value is -4.01. The normalized spacial score (nSPS) is 12.6. The minimum atomic E-state index is -0.734. The average Bonchev–Trinajstić information content (AvgIpc) is 3.38. The van der Waals surface area contributed by atoms with E-state index in [1.807, 2.05) is 30.3 Å². The second kappa shape index (κ2) is 7.11. The number of anilines is 1. The third-order valence-electron chi connectivity index (χ3n) is 4.96. The van der Waals surface area contributed by atoms with Crippen LogP contribution in [0, 0.1) is 5.82 Å². The van der Waals surface area contributed by atoms with Crippen LogP contribution < -0.4 is 15.8 Å². The maximum Gasteiger partial charge on any atom is 0.256 e. The molecule has 0 bridgehead atoms. The first-order valence-electron chi connectivity index (χ1n) is 9.39. The number of halogens is 1. The summed E-state index contributed by atoms with van der Waals surface area (Å²) in [5.41, 5.74) is 7.77. The van der Waals surface area contributed by atoms with Crippen molar-refractivity contribution in [2.45, 2.75) is 13.0 Å². The number of nitrogens with zero attached hydrogens (tertiary/aromatic N) is 4. The van der Waals surface area contributed by atoms with Crippen LogP contribution in [0.2, 0.25) is 0 Å². The van der Waals surface area contributed by atoms with Gasteiger partial charge in [0.15, 0.2) is 0 Å². The molecule has 1 aliphatic rings. The Kier molecular flexibility index (Phi) is 4.27. The lowest BCUT2D eigenvalue weighted by atomic mass is 10.1. The number of rotatable bonds is 5. The lowest BCUT2D eigenvalue weighted by Gasteiger charge is -2.12. The first-order valence-corrected chi connectivity index (χ1v) is 9.39. The highest BCUT2D eigenvalue weighted by atomic mass is 19.1. The van der Waals surface area contributed by atoms with Crippen molar-refractivity contribution < 1.29 is 13.9 Å². The summed E-state index contributed by atoms with van der Waals surface area (Å²) in [6.07, 6.45) is 2.14. The zero-order chi connectivity index (χ0) is 20.7. The predicted octanol–water partition coefficient (Wildman–Crippen LogP) is 2.60. The summed E-state index contributed by atoms with van der Waals surface area (Å²) in [5.74, 6) is -0.0279. The van der Waals surface area contributed by atoms with Gasteiger partial charge in [0.1, 0.15) is 11.6 Å². The second-order valence-corrected chi connectivity index (χ2v) is 6.90. The van der Waals surface area contributed by atoms with Gasteiger partial charge in [-0.25, -0.2) is 4.39 Å². The van der Waals surface area contributed by atoms with E-state index in [1.165, 1.54) is 16.9 Å². The molecular formula is C21H17FN6O2. The highest BCUT2D eigenvalue weighted by molar-refractivity contribution is 6.05. The van der Waals surface area contributed by atoms with Gasteiger partial charge in [0.05, 0.1) is 29.4 Å². The highest BCUT2D eigenvalue weighted by Gasteiger charge is 2.23. The van der Waals surface area contributed by atoms with E-state index in [4.69, 9.17) is 10.5 Å². The maximum absolute atomic E-state index is 14.1. The number of aromatic nitrogens is 4. The van der Waals surface area contributed by atoms with Crippen LogP contribution in [0.4, 0.5) is 10.2 Å². The molecule has 5 rings (SSSR count). The number of primary amides is 1. The third-order valence-corrected chi connectivity index (χ3v) is 4.96. The zero-order valence-corrected chi connectivity index (χ0v) is 15.8. The molecule has 0 aliphatic carbocycles. The molecule has 0 radical (unpaired) electrons. The van der Waals surface area contributed by atoms with Gasteiger partial charge in [0.2, 0.25) is 11.8 Å². The lowest BCUT2D eigenvalue weighted by molar-refractivity contribution is 0.100. The number of nitrogens with two attached hydrogens (primary N) is 1. The first kappa shape index (κ1) is 18.0. The van der Waals surface area contributed by atoms with E-state index in [-0.39, 0.29) is 11.5 Å². The largest absolute Gasteiger partial charge is 0.477 e. The van der Waals surface area contributed by atoms with Crippen molar-refractivity contribution in [1.29, 1.82) is 0 Å². The molecule has 2 aromatic heterocycles. The molecule has 0 unspecified atom stereocenters. The molecule has 9 heteroatoms. The standard InChI is InChI=1S/C21H17FN6O2/c22-13-8-15(18(23)29)16-11-25-28(17(16)9-13)21-26-19(14-6-7-30-20(14)27-21)24-10-12-4-2-1-3-5-12/h1-5,8-9,11H,6-7,10H2,(H2,23,29)(H,24,26,27). The molecule has 0 spiro atoms. The number of hydrogen-bond donors (Lipinski definition) is 2. The topological polar surface area (TPSA) is 108 Å². The Bertz CT molecular complexity index is 1270. The fourth-order valence-corrected chi connectivity index (χ4v) is 3.52. The van der Waals surface area contributed by atoms with Crippen LogP contribution in [0.3, 0.4) is 0 Å². The number of carbonyl (C=O) groups excluding carboxylic acids is 1. The van der Waals surface area contributed by atoms with Gasteiger partial charge in [-0.15, -0.1) is 0 Å². The summed E-state index contributed by atoms with van der Waals surface area (Å²) >= 11 is 0. The van der Waals surface area contributed by atoms with Gasteiger partial charge in [0.25, 0.3) is 5.95 Å². The molecule has 30 heavy (non-hydrogen) atoms. The third kappa shape index (κ3) is 3.10. The Labute approximate surface area is 170 Å². The zero-order valence-electron chi connectivity index (χ0n) is 15.8. The Morgan fingerprint density at radius 1 is 1.23 bits per heavy atom. The molecule has 3 N–H and O–H groups in total. The summed E-state index contributed by atoms with van der Waals surface area (Å²) in [6.45, 7) is 1.08. The fraction of sp³-hybridized carbons (Fsp3) is 0.143. The van der Waals surface area contributed by atoms with Gasteiger partial charge < -0.3 is 15.8 Å². The molecule has 0 fully saturated rings. The summed E-state index contributed by atoms with van der Waals surface area (Å²) in [5, 5.41) is 8.02. The number of amides is 1. The molecule has 3 heterocycles. The van der Waals surface area contributed by atoms with Gasteiger partial charge in [-0.1, -0.05) is 30.3 Å². The minimum absolute atomic E-state index is 0.0519. The molecular weight excluding hydrogens is 387 g/mol. The van der Waals surface area contributed by atoms with Crippen molar-refractivity contribution in [3.63, 3.8) is 0 Å². The number of carbonyl (C=O) groups is 1. The maximum atomic E-state index is 14.1. The minimum Gasteiger partial charge on any atom is -0.477 e. The quantitative estimate of drug-likeness (QED) is 0.529. The fourth-order valence-electron chi connectivity index (χ4n) is 3.52. The predicted molar refractivity (Wildman–Crippen MR) is 108 cm³/mol. The van der Waals surface area contributed by atoms with Crippen LogP contribution in [-0.2, 0) is 13.0 Å². The van der Waals surface area contributed by atoms with Crippen molar-refractivity contribution in [1.82, 2.24) is 19.7 Å². The van der Waals surface area contributed by atoms with Crippen LogP contribution in [0.15, 0.2) is 48.7 Å². The molecule has 2 aromatic carbocycles. The molecule has 4 aromatic rings. The van der Waals surface area contributed by atoms with Gasteiger partial charge in [-0.3, -0.25) is 4.79 Å². The Morgan fingerprint density at radius 3 is 2.87 bits per heavy atom. The van der Waals surface area contributed by atoms with E-state index in [0.29, 0.717) is 42.2 Å². The van der Waals surface area contributed by atoms with Crippen LogP contribution in [-0.4, -0.2) is 32.3 Å². The van der Waals surface area contributed by atoms with Crippen LogP contribution >= 0.6 is 0 Å². The number of nitrogens with one attached hydrogen (secondary N) is 1. The molecule has 1 amide bonds. The number of ether oxygens (including phenoxy) is 1. The van der Waals surface area contributed by atoms with Gasteiger partial charge in [-0.05, 0) is 11.6 Å². The van der Waals surface area contributed by atoms with Crippen molar-refractivity contribution in [3.8, 4) is 11.8 Å². The number of benzene rings is 2. The Balaban J connectivity index is 1.59. The molecule has 1 aliphatic heterocycles. The van der Waals surface area contributed by atoms with Crippen LogP contribution in [0.25, 0.3) is 16.9 Å². The Morgan fingerprint density at radius 2 is 2.07 bits per heavy atom. The summed E-state index contributed by atoms with van der Waals surface area (Å²) < 4.78 is 21.1. The SMILES string of the molecule is NC(=O)c1cc(F)cc2c1cnn2-c1nc(NCc2ccccc2)c2c(n1)OCC2. The molecule has 0 saturated heterocycles. The summed E-state index contributed by atoms with van der Waals surface area (Å²) in [7, 11) is 0. The summed E-state index contributed by atoms with van der Waals surface area (Å²) in [6, 6.07) is 12.3. The van der Waals surface area contributed by atoms with E-state index in [9.17, 15) is 9.18 Å². The van der Waals surface area contributed by atoms with E-state index in [1.54, 1.807) is 0 Å². The summed E-state index contributed by atoms with van der Waals surface area (Å²) in [4.78, 5) is 20.8. The van der Waals surface area contributed by atoms with E-state index >= 15 is 0 Å². The molecule has 0 atom stereocenters. The van der Waals surface area contributed by atoms with Gasteiger partial charge >= 0.3 is 0 Å². The molecule has 8 nitrogen and oxygen atoms in total. The average molecular weight is 404 g/mol. The van der Waals surface area contributed by atoms with E-state index in [2.05, 4.69) is 20.4 Å². The number of hydrogen-bond acceptors (Lipinski definition) is 6. The van der Waals surface area contributed by atoms with Crippen LogP contribution in [0.1, 0.15) is 21.5 Å². The highest BCUT2D eigenvalue weighted by Crippen LogP contribution is 2.31.